The Morgan fingerprint density at radius 3 is 1.92 bits per heavy atom. The van der Waals surface area contributed by atoms with Gasteiger partial charge in [-0.05, 0) is 93.2 Å². The molecule has 5 rings (SSSR count). The van der Waals surface area contributed by atoms with Crippen LogP contribution in [-0.4, -0.2) is 23.4 Å². The molecule has 0 fully saturated rings. The summed E-state index contributed by atoms with van der Waals surface area (Å²) in [5.74, 6) is 0. The lowest BCUT2D eigenvalue weighted by molar-refractivity contribution is -0.440. The highest BCUT2D eigenvalue weighted by Gasteiger charge is 2.26. The van der Waals surface area contributed by atoms with Crippen LogP contribution >= 0.6 is 0 Å². The minimum Gasteiger partial charge on any atom is -0.345 e. The lowest BCUT2D eigenvalue weighted by Crippen LogP contribution is -2.22. The molecule has 1 aliphatic carbocycles. The zero-order valence-electron chi connectivity index (χ0n) is 29.8. The molecule has 0 saturated carbocycles. The first kappa shape index (κ1) is 34.4. The first-order valence-electron chi connectivity index (χ1n) is 17.6. The van der Waals surface area contributed by atoms with Gasteiger partial charge in [-0.1, -0.05) is 98.8 Å². The second-order valence-corrected chi connectivity index (χ2v) is 12.7. The van der Waals surface area contributed by atoms with Crippen molar-refractivity contribution in [3.8, 4) is 0 Å². The van der Waals surface area contributed by atoms with E-state index in [-0.39, 0.29) is 0 Å². The van der Waals surface area contributed by atoms with E-state index in [1.807, 2.05) is 0 Å². The van der Waals surface area contributed by atoms with Gasteiger partial charge in [-0.2, -0.15) is 4.58 Å². The van der Waals surface area contributed by atoms with Crippen LogP contribution in [0.15, 0.2) is 156 Å². The predicted octanol–water partition coefficient (Wildman–Crippen LogP) is 12.0. The van der Waals surface area contributed by atoms with Crippen LogP contribution in [-0.2, 0) is 0 Å². The smallest absolute Gasteiger partial charge is 0.208 e. The molecule has 0 atom stereocenters. The molecule has 3 nitrogen and oxygen atoms in total. The van der Waals surface area contributed by atoms with Gasteiger partial charge in [-0.25, -0.2) is 0 Å². The van der Waals surface area contributed by atoms with E-state index in [1.165, 1.54) is 62.1 Å². The number of benzene rings is 4. The number of anilines is 3. The van der Waals surface area contributed by atoms with Gasteiger partial charge in [-0.3, -0.25) is 0 Å². The Morgan fingerprint density at radius 2 is 1.31 bits per heavy atom. The van der Waals surface area contributed by atoms with Crippen molar-refractivity contribution in [3.05, 3.63) is 167 Å². The number of hydrogen-bond acceptors (Lipinski definition) is 2. The number of allylic oxidation sites excluding steroid dienone is 7. The van der Waals surface area contributed by atoms with Crippen LogP contribution in [0.25, 0.3) is 0 Å². The van der Waals surface area contributed by atoms with E-state index in [1.54, 1.807) is 0 Å². The molecule has 0 unspecified atom stereocenters. The summed E-state index contributed by atoms with van der Waals surface area (Å²) in [5, 5.41) is 0. The van der Waals surface area contributed by atoms with E-state index in [0.717, 1.165) is 38.8 Å². The van der Waals surface area contributed by atoms with Crippen molar-refractivity contribution < 1.29 is 4.58 Å². The molecule has 0 N–H and O–H groups in total. The zero-order chi connectivity index (χ0) is 33.9. The molecule has 0 amide bonds. The largest absolute Gasteiger partial charge is 0.345 e. The molecule has 1 aliphatic rings. The highest BCUT2D eigenvalue weighted by Crippen LogP contribution is 2.42. The molecule has 0 radical (unpaired) electrons. The third kappa shape index (κ3) is 8.15. The third-order valence-electron chi connectivity index (χ3n) is 9.13. The number of nitrogens with zero attached hydrogens (tertiary/aromatic N) is 3. The van der Waals surface area contributed by atoms with Crippen molar-refractivity contribution in [1.29, 1.82) is 0 Å². The van der Waals surface area contributed by atoms with Crippen LogP contribution in [0.4, 0.5) is 22.7 Å². The Bertz CT molecular complexity index is 1780. The molecular formula is C45H52N3+. The summed E-state index contributed by atoms with van der Waals surface area (Å²) >= 11 is 0. The van der Waals surface area contributed by atoms with Crippen molar-refractivity contribution in [2.75, 3.05) is 22.9 Å². The summed E-state index contributed by atoms with van der Waals surface area (Å²) in [6.07, 6.45) is 13.6. The maximum atomic E-state index is 2.46. The standard InChI is InChI=1S/C45H52N3/c1-7-33-46(43-25-17-15-19-35(43)3)37(5)27-29-39-31-32-40(30-28-38(6)47(34-8-2)44-26-18-16-20-36(44)4)45(39)48(41-21-11-9-12-22-41)42-23-13-10-14-24-42/h9-30H,7-8,31-34H2,1-6H3/q+1. The van der Waals surface area contributed by atoms with Crippen molar-refractivity contribution in [2.45, 2.75) is 67.2 Å². The van der Waals surface area contributed by atoms with Gasteiger partial charge in [0.1, 0.15) is 6.54 Å². The summed E-state index contributed by atoms with van der Waals surface area (Å²) in [6, 6.07) is 39.0. The molecule has 0 aliphatic heterocycles. The van der Waals surface area contributed by atoms with Gasteiger partial charge in [0.15, 0.2) is 5.71 Å². The molecule has 4 aromatic rings. The summed E-state index contributed by atoms with van der Waals surface area (Å²) in [7, 11) is 0. The Balaban J connectivity index is 1.65. The summed E-state index contributed by atoms with van der Waals surface area (Å²) in [6.45, 7) is 15.4. The quantitative estimate of drug-likeness (QED) is 0.107. The van der Waals surface area contributed by atoms with Crippen LogP contribution in [0.3, 0.4) is 0 Å². The predicted molar refractivity (Wildman–Crippen MR) is 208 cm³/mol. The zero-order valence-corrected chi connectivity index (χ0v) is 29.8. The molecular weight excluding hydrogens is 583 g/mol. The Morgan fingerprint density at radius 1 is 0.708 bits per heavy atom. The minimum atomic E-state index is 0.984. The fraction of sp³-hybridized carbons (Fsp3) is 0.267. The first-order chi connectivity index (χ1) is 23.4. The molecule has 3 heteroatoms. The molecule has 0 saturated heterocycles. The van der Waals surface area contributed by atoms with Crippen molar-refractivity contribution in [2.24, 2.45) is 0 Å². The number of aryl methyl sites for hydroxylation is 2. The van der Waals surface area contributed by atoms with E-state index in [4.69, 9.17) is 0 Å². The van der Waals surface area contributed by atoms with Crippen LogP contribution in [0.2, 0.25) is 0 Å². The average molecular weight is 635 g/mol. The highest BCUT2D eigenvalue weighted by molar-refractivity contribution is 5.90. The molecule has 0 spiro atoms. The Kier molecular flexibility index (Phi) is 12.0. The van der Waals surface area contributed by atoms with Gasteiger partial charge in [0, 0.05) is 60.4 Å². The second-order valence-electron chi connectivity index (χ2n) is 12.7. The topological polar surface area (TPSA) is 9.49 Å². The average Bonchev–Trinajstić information content (AvgIpc) is 3.51. The fourth-order valence-corrected chi connectivity index (χ4v) is 6.66. The van der Waals surface area contributed by atoms with Gasteiger partial charge in [0.05, 0.1) is 5.70 Å². The van der Waals surface area contributed by atoms with Crippen LogP contribution < -0.4 is 9.80 Å². The molecule has 0 aromatic heterocycles. The van der Waals surface area contributed by atoms with Crippen molar-refractivity contribution in [1.82, 2.24) is 0 Å². The second kappa shape index (κ2) is 16.8. The van der Waals surface area contributed by atoms with Gasteiger partial charge < -0.3 is 9.80 Å². The van der Waals surface area contributed by atoms with Crippen LogP contribution in [0.1, 0.15) is 64.5 Å². The van der Waals surface area contributed by atoms with E-state index in [9.17, 15) is 0 Å². The van der Waals surface area contributed by atoms with E-state index in [0.29, 0.717) is 0 Å². The van der Waals surface area contributed by atoms with Crippen molar-refractivity contribution in [3.63, 3.8) is 0 Å². The first-order valence-corrected chi connectivity index (χ1v) is 17.6. The Labute approximate surface area is 289 Å². The van der Waals surface area contributed by atoms with Gasteiger partial charge in [0.25, 0.3) is 0 Å². The minimum absolute atomic E-state index is 0.984. The summed E-state index contributed by atoms with van der Waals surface area (Å²) < 4.78 is 2.46. The SMILES string of the molecule is CCCN(/C(C)=C/C=C1\CCC(/C=C/C(C)=[N+](\CCC)c2ccccc2C)=C1N(c1ccccc1)c1ccccc1)c1ccccc1C. The summed E-state index contributed by atoms with van der Waals surface area (Å²) in [5.41, 5.74) is 14.0. The lowest BCUT2D eigenvalue weighted by atomic mass is 10.1. The van der Waals surface area contributed by atoms with E-state index >= 15 is 0 Å². The normalized spacial score (nSPS) is 15.0. The number of hydrogen-bond donors (Lipinski definition) is 0. The molecule has 246 valence electrons. The Hall–Kier alpha value is -4.89. The molecule has 0 bridgehead atoms. The van der Waals surface area contributed by atoms with Gasteiger partial charge >= 0.3 is 0 Å². The van der Waals surface area contributed by atoms with E-state index in [2.05, 4.69) is 189 Å². The third-order valence-corrected chi connectivity index (χ3v) is 9.13. The monoisotopic (exact) mass is 634 g/mol. The highest BCUT2D eigenvalue weighted by atomic mass is 15.2. The maximum Gasteiger partial charge on any atom is 0.208 e. The van der Waals surface area contributed by atoms with Crippen molar-refractivity contribution >= 4 is 28.5 Å². The summed E-state index contributed by atoms with van der Waals surface area (Å²) in [4.78, 5) is 4.91. The lowest BCUT2D eigenvalue weighted by Gasteiger charge is -2.29. The van der Waals surface area contributed by atoms with E-state index < -0.39 is 0 Å². The molecule has 0 heterocycles. The number of para-hydroxylation sites is 4. The fourth-order valence-electron chi connectivity index (χ4n) is 6.66. The van der Waals surface area contributed by atoms with Crippen LogP contribution in [0.5, 0.6) is 0 Å². The molecule has 4 aromatic carbocycles. The maximum absolute atomic E-state index is 2.46. The van der Waals surface area contributed by atoms with Crippen LogP contribution in [0, 0.1) is 13.8 Å². The number of rotatable bonds is 13. The molecule has 48 heavy (non-hydrogen) atoms. The van der Waals surface area contributed by atoms with Gasteiger partial charge in [0.2, 0.25) is 5.69 Å². The van der Waals surface area contributed by atoms with Gasteiger partial charge in [-0.15, -0.1) is 0 Å².